The molecule has 0 aliphatic rings. The Balaban J connectivity index is 2.37. The summed E-state index contributed by atoms with van der Waals surface area (Å²) in [6.07, 6.45) is 2.29. The fraction of sp³-hybridized carbons (Fsp3) is 0.500. The number of nitrogens with two attached hydrogens (primary N) is 1. The first-order valence-corrected chi connectivity index (χ1v) is 6.15. The fourth-order valence-corrected chi connectivity index (χ4v) is 1.93. The van der Waals surface area contributed by atoms with E-state index in [1.807, 2.05) is 6.07 Å². The van der Waals surface area contributed by atoms with E-state index < -0.39 is 0 Å². The Labute approximate surface area is 101 Å². The number of hydrogen-bond acceptors (Lipinski definition) is 2. The maximum atomic E-state index is 5.47. The van der Waals surface area contributed by atoms with Gasteiger partial charge in [0.25, 0.3) is 0 Å². The third-order valence-corrected chi connectivity index (χ3v) is 3.17. The highest BCUT2D eigenvalue weighted by atomic mass is 79.9. The monoisotopic (exact) mass is 270 g/mol. The number of unbranched alkanes of at least 4 members (excludes halogenated alkanes) is 1. The Hall–Kier alpha value is -0.380. The molecule has 1 aromatic rings. The maximum Gasteiger partial charge on any atom is 0.0241 e. The van der Waals surface area contributed by atoms with Gasteiger partial charge >= 0.3 is 0 Å². The molecule has 0 heterocycles. The average Bonchev–Trinajstić information content (AvgIpc) is 2.22. The third kappa shape index (κ3) is 4.78. The molecule has 15 heavy (non-hydrogen) atoms. The van der Waals surface area contributed by atoms with Crippen molar-refractivity contribution in [3.8, 4) is 0 Å². The van der Waals surface area contributed by atoms with E-state index in [1.165, 1.54) is 16.5 Å². The van der Waals surface area contributed by atoms with Crippen molar-refractivity contribution >= 4 is 15.9 Å². The molecule has 0 unspecified atom stereocenters. The van der Waals surface area contributed by atoms with E-state index in [0.29, 0.717) is 0 Å². The lowest BCUT2D eigenvalue weighted by Gasteiger charge is -2.17. The van der Waals surface area contributed by atoms with Gasteiger partial charge in [0.05, 0.1) is 0 Å². The van der Waals surface area contributed by atoms with Crippen LogP contribution in [0.15, 0.2) is 28.7 Å². The van der Waals surface area contributed by atoms with Crippen LogP contribution >= 0.6 is 15.9 Å². The first kappa shape index (κ1) is 12.7. The quantitative estimate of drug-likeness (QED) is 0.806. The molecule has 2 N–H and O–H groups in total. The minimum atomic E-state index is 0.795. The van der Waals surface area contributed by atoms with E-state index in [4.69, 9.17) is 5.73 Å². The maximum absolute atomic E-state index is 5.47. The second kappa shape index (κ2) is 6.99. The molecule has 3 heteroatoms. The summed E-state index contributed by atoms with van der Waals surface area (Å²) in [5.41, 5.74) is 6.81. The van der Waals surface area contributed by atoms with Gasteiger partial charge in [0, 0.05) is 11.0 Å². The van der Waals surface area contributed by atoms with Crippen LogP contribution in [0.5, 0.6) is 0 Å². The zero-order valence-electron chi connectivity index (χ0n) is 9.25. The Kier molecular flexibility index (Phi) is 5.91. The summed E-state index contributed by atoms with van der Waals surface area (Å²) in [6, 6.07) is 8.36. The van der Waals surface area contributed by atoms with Gasteiger partial charge in [-0.3, -0.25) is 0 Å². The Morgan fingerprint density at radius 3 is 2.67 bits per heavy atom. The van der Waals surface area contributed by atoms with Crippen LogP contribution in [0, 0.1) is 0 Å². The molecule has 0 bridgehead atoms. The van der Waals surface area contributed by atoms with Gasteiger partial charge < -0.3 is 10.6 Å². The van der Waals surface area contributed by atoms with Gasteiger partial charge in [0.15, 0.2) is 0 Å². The minimum absolute atomic E-state index is 0.795. The lowest BCUT2D eigenvalue weighted by Crippen LogP contribution is -2.20. The molecule has 0 atom stereocenters. The molecule has 1 rings (SSSR count). The van der Waals surface area contributed by atoms with Crippen molar-refractivity contribution in [2.45, 2.75) is 19.4 Å². The molecule has 2 nitrogen and oxygen atoms in total. The minimum Gasteiger partial charge on any atom is -0.330 e. The predicted octanol–water partition coefficient (Wildman–Crippen LogP) is 2.62. The van der Waals surface area contributed by atoms with Gasteiger partial charge in [-0.05, 0) is 44.6 Å². The first-order chi connectivity index (χ1) is 7.24. The van der Waals surface area contributed by atoms with E-state index in [1.54, 1.807) is 0 Å². The molecule has 0 spiro atoms. The summed E-state index contributed by atoms with van der Waals surface area (Å²) in [6.45, 7) is 2.90. The first-order valence-electron chi connectivity index (χ1n) is 5.36. The zero-order chi connectivity index (χ0) is 11.1. The molecule has 0 aliphatic heterocycles. The van der Waals surface area contributed by atoms with Crippen molar-refractivity contribution in [2.24, 2.45) is 5.73 Å². The van der Waals surface area contributed by atoms with Crippen LogP contribution in [0.25, 0.3) is 0 Å². The molecular weight excluding hydrogens is 252 g/mol. The SMILES string of the molecule is CN(CCCCN)Cc1ccccc1Br. The molecule has 0 radical (unpaired) electrons. The summed E-state index contributed by atoms with van der Waals surface area (Å²) < 4.78 is 1.19. The van der Waals surface area contributed by atoms with Crippen LogP contribution < -0.4 is 5.73 Å². The topological polar surface area (TPSA) is 29.3 Å². The summed E-state index contributed by atoms with van der Waals surface area (Å²) in [5, 5.41) is 0. The van der Waals surface area contributed by atoms with Gasteiger partial charge in [-0.25, -0.2) is 0 Å². The fourth-order valence-electron chi connectivity index (χ4n) is 1.52. The number of halogens is 1. The molecule has 0 saturated heterocycles. The van der Waals surface area contributed by atoms with Crippen LogP contribution in [0.4, 0.5) is 0 Å². The summed E-state index contributed by atoms with van der Waals surface area (Å²) in [5.74, 6) is 0. The van der Waals surface area contributed by atoms with Crippen molar-refractivity contribution in [3.63, 3.8) is 0 Å². The highest BCUT2D eigenvalue weighted by Gasteiger charge is 2.02. The van der Waals surface area contributed by atoms with Gasteiger partial charge in [-0.1, -0.05) is 34.1 Å². The Morgan fingerprint density at radius 1 is 1.27 bits per heavy atom. The van der Waals surface area contributed by atoms with Crippen LogP contribution in [0.1, 0.15) is 18.4 Å². The third-order valence-electron chi connectivity index (χ3n) is 2.39. The van der Waals surface area contributed by atoms with E-state index >= 15 is 0 Å². The largest absolute Gasteiger partial charge is 0.330 e. The normalized spacial score (nSPS) is 10.9. The molecule has 0 saturated carbocycles. The van der Waals surface area contributed by atoms with Crippen molar-refractivity contribution < 1.29 is 0 Å². The number of nitrogens with zero attached hydrogens (tertiary/aromatic N) is 1. The van der Waals surface area contributed by atoms with Crippen LogP contribution in [0.2, 0.25) is 0 Å². The van der Waals surface area contributed by atoms with E-state index in [0.717, 1.165) is 26.1 Å². The Bertz CT molecular complexity index is 289. The molecule has 1 aromatic carbocycles. The zero-order valence-corrected chi connectivity index (χ0v) is 10.8. The van der Waals surface area contributed by atoms with Crippen LogP contribution in [-0.4, -0.2) is 25.0 Å². The van der Waals surface area contributed by atoms with Gasteiger partial charge in [0.1, 0.15) is 0 Å². The van der Waals surface area contributed by atoms with Gasteiger partial charge in [0.2, 0.25) is 0 Å². The second-order valence-corrected chi connectivity index (χ2v) is 4.68. The molecule has 0 aliphatic carbocycles. The van der Waals surface area contributed by atoms with E-state index in [2.05, 4.69) is 46.1 Å². The van der Waals surface area contributed by atoms with E-state index in [9.17, 15) is 0 Å². The number of rotatable bonds is 6. The van der Waals surface area contributed by atoms with Crippen molar-refractivity contribution in [3.05, 3.63) is 34.3 Å². The van der Waals surface area contributed by atoms with Crippen molar-refractivity contribution in [1.29, 1.82) is 0 Å². The number of hydrogen-bond donors (Lipinski definition) is 1. The highest BCUT2D eigenvalue weighted by molar-refractivity contribution is 9.10. The van der Waals surface area contributed by atoms with Gasteiger partial charge in [-0.15, -0.1) is 0 Å². The van der Waals surface area contributed by atoms with E-state index in [-0.39, 0.29) is 0 Å². The number of benzene rings is 1. The van der Waals surface area contributed by atoms with Crippen molar-refractivity contribution in [2.75, 3.05) is 20.1 Å². The average molecular weight is 271 g/mol. The Morgan fingerprint density at radius 2 is 2.00 bits per heavy atom. The highest BCUT2D eigenvalue weighted by Crippen LogP contribution is 2.17. The van der Waals surface area contributed by atoms with Crippen LogP contribution in [0.3, 0.4) is 0 Å². The lowest BCUT2D eigenvalue weighted by atomic mass is 10.2. The lowest BCUT2D eigenvalue weighted by molar-refractivity contribution is 0.319. The molecule has 0 aromatic heterocycles. The standard InChI is InChI=1S/C12H19BrN2/c1-15(9-5-4-8-14)10-11-6-2-3-7-12(11)13/h2-3,6-7H,4-5,8-10,14H2,1H3. The van der Waals surface area contributed by atoms with Crippen LogP contribution in [-0.2, 0) is 6.54 Å². The molecule has 0 fully saturated rings. The predicted molar refractivity (Wildman–Crippen MR) is 68.8 cm³/mol. The molecular formula is C12H19BrN2. The summed E-state index contributed by atoms with van der Waals surface area (Å²) in [4.78, 5) is 2.33. The van der Waals surface area contributed by atoms with Gasteiger partial charge in [-0.2, -0.15) is 0 Å². The second-order valence-electron chi connectivity index (χ2n) is 3.82. The molecule has 84 valence electrons. The molecule has 0 amide bonds. The summed E-state index contributed by atoms with van der Waals surface area (Å²) in [7, 11) is 2.15. The van der Waals surface area contributed by atoms with Crippen molar-refractivity contribution in [1.82, 2.24) is 4.90 Å². The smallest absolute Gasteiger partial charge is 0.0241 e. The summed E-state index contributed by atoms with van der Waals surface area (Å²) >= 11 is 3.56.